The van der Waals surface area contributed by atoms with Crippen molar-refractivity contribution in [2.45, 2.75) is 26.4 Å². The number of benzene rings is 1. The van der Waals surface area contributed by atoms with Gasteiger partial charge in [0.2, 0.25) is 5.75 Å². The molecule has 8 nitrogen and oxygen atoms in total. The molecule has 2 rings (SSSR count). The molecule has 2 aromatic rings. The lowest BCUT2D eigenvalue weighted by Gasteiger charge is -2.20. The van der Waals surface area contributed by atoms with Crippen LogP contribution in [0.15, 0.2) is 18.3 Å². The van der Waals surface area contributed by atoms with Crippen LogP contribution in [0.5, 0.6) is 5.75 Å². The van der Waals surface area contributed by atoms with Crippen molar-refractivity contribution in [3.8, 4) is 5.75 Å². The quantitative estimate of drug-likeness (QED) is 0.656. The van der Waals surface area contributed by atoms with Crippen LogP contribution in [0.1, 0.15) is 20.8 Å². The highest BCUT2D eigenvalue weighted by molar-refractivity contribution is 6.39. The summed E-state index contributed by atoms with van der Waals surface area (Å²) in [6, 6.07) is 3.24. The van der Waals surface area contributed by atoms with Crippen molar-refractivity contribution in [1.29, 1.82) is 0 Å². The van der Waals surface area contributed by atoms with E-state index >= 15 is 0 Å². The summed E-state index contributed by atoms with van der Waals surface area (Å²) < 4.78 is 10.3. The summed E-state index contributed by atoms with van der Waals surface area (Å²) in [4.78, 5) is 26.9. The molecule has 0 aliphatic heterocycles. The Morgan fingerprint density at radius 3 is 2.62 bits per heavy atom. The number of carbonyl (C=O) groups is 1. The zero-order valence-electron chi connectivity index (χ0n) is 13.5. The molecule has 1 N–H and O–H groups in total. The smallest absolute Gasteiger partial charge is 0.412 e. The summed E-state index contributed by atoms with van der Waals surface area (Å²) in [6.45, 7) is 5.02. The number of rotatable bonds is 3. The molecule has 0 bridgehead atoms. The molecule has 0 radical (unpaired) electrons. The van der Waals surface area contributed by atoms with Gasteiger partial charge in [-0.2, -0.15) is 0 Å². The lowest BCUT2D eigenvalue weighted by molar-refractivity contribution is -0.384. The van der Waals surface area contributed by atoms with E-state index in [1.54, 1.807) is 32.9 Å². The molecule has 1 aromatic heterocycles. The summed E-state index contributed by atoms with van der Waals surface area (Å²) >= 11 is 6.26. The maximum absolute atomic E-state index is 12.0. The van der Waals surface area contributed by atoms with Crippen molar-refractivity contribution < 1.29 is 19.2 Å². The van der Waals surface area contributed by atoms with E-state index in [4.69, 9.17) is 21.1 Å². The van der Waals surface area contributed by atoms with Gasteiger partial charge in [0.25, 0.3) is 0 Å². The van der Waals surface area contributed by atoms with E-state index < -0.39 is 22.3 Å². The van der Waals surface area contributed by atoms with Gasteiger partial charge in [0.05, 0.1) is 17.1 Å². The summed E-state index contributed by atoms with van der Waals surface area (Å²) in [5, 5.41) is 14.2. The van der Waals surface area contributed by atoms with Gasteiger partial charge in [-0.15, -0.1) is 0 Å². The first-order valence-electron chi connectivity index (χ1n) is 6.94. The number of nitrogens with one attached hydrogen (secondary N) is 1. The Balaban J connectivity index is 2.67. The van der Waals surface area contributed by atoms with Gasteiger partial charge < -0.3 is 9.47 Å². The first kappa shape index (κ1) is 17.7. The van der Waals surface area contributed by atoms with Crippen LogP contribution in [0.25, 0.3) is 10.9 Å². The Morgan fingerprint density at radius 1 is 1.42 bits per heavy atom. The van der Waals surface area contributed by atoms with E-state index in [9.17, 15) is 14.9 Å². The average Bonchev–Trinajstić information content (AvgIpc) is 2.47. The van der Waals surface area contributed by atoms with Gasteiger partial charge in [0.15, 0.2) is 0 Å². The topological polar surface area (TPSA) is 104 Å². The lowest BCUT2D eigenvalue weighted by Crippen LogP contribution is -2.27. The number of hydrogen-bond acceptors (Lipinski definition) is 6. The highest BCUT2D eigenvalue weighted by atomic mass is 35.5. The molecule has 0 saturated heterocycles. The normalized spacial score (nSPS) is 11.2. The van der Waals surface area contributed by atoms with E-state index in [2.05, 4.69) is 10.3 Å². The van der Waals surface area contributed by atoms with Crippen molar-refractivity contribution in [3.05, 3.63) is 33.5 Å². The van der Waals surface area contributed by atoms with Gasteiger partial charge in [-0.25, -0.2) is 4.79 Å². The van der Waals surface area contributed by atoms with Crippen molar-refractivity contribution >= 4 is 40.0 Å². The Labute approximate surface area is 142 Å². The van der Waals surface area contributed by atoms with Gasteiger partial charge in [-0.05, 0) is 32.9 Å². The van der Waals surface area contributed by atoms with Gasteiger partial charge in [-0.1, -0.05) is 11.6 Å². The number of ether oxygens (including phenoxy) is 2. The van der Waals surface area contributed by atoms with Crippen LogP contribution >= 0.6 is 11.6 Å². The van der Waals surface area contributed by atoms with Crippen LogP contribution in [0.2, 0.25) is 5.02 Å². The number of carbonyl (C=O) groups excluding carboxylic acids is 1. The summed E-state index contributed by atoms with van der Waals surface area (Å²) in [5.74, 6) is -0.0916. The minimum atomic E-state index is -0.863. The first-order valence-corrected chi connectivity index (χ1v) is 7.32. The minimum absolute atomic E-state index is 0.0172. The molecular weight excluding hydrogens is 338 g/mol. The molecule has 1 aromatic carbocycles. The Bertz CT molecular complexity index is 817. The molecule has 0 unspecified atom stereocenters. The van der Waals surface area contributed by atoms with E-state index in [-0.39, 0.29) is 22.0 Å². The van der Waals surface area contributed by atoms with Gasteiger partial charge >= 0.3 is 11.8 Å². The molecule has 1 heterocycles. The summed E-state index contributed by atoms with van der Waals surface area (Å²) in [5.41, 5.74) is -1.23. The second-order valence-electron chi connectivity index (χ2n) is 5.85. The van der Waals surface area contributed by atoms with Gasteiger partial charge in [0, 0.05) is 11.6 Å². The number of aromatic nitrogens is 1. The van der Waals surface area contributed by atoms with Crippen molar-refractivity contribution in [1.82, 2.24) is 4.98 Å². The predicted molar refractivity (Wildman–Crippen MR) is 89.8 cm³/mol. The number of methoxy groups -OCH3 is 1. The number of nitro benzene ring substituents is 1. The SMILES string of the molecule is COc1c([N+](=O)[O-])c(NC(=O)OC(C)(C)C)c(Cl)c2cccnc12. The molecule has 0 aliphatic rings. The standard InChI is InChI=1S/C15H16ClN3O5/c1-15(2,3)24-14(20)18-11-9(16)8-6-5-7-17-10(8)13(23-4)12(11)19(21)22/h5-7H,1-4H3,(H,18,20). The Kier molecular flexibility index (Phi) is 4.79. The van der Waals surface area contributed by atoms with E-state index in [1.165, 1.54) is 13.3 Å². The van der Waals surface area contributed by atoms with Crippen LogP contribution in [-0.2, 0) is 4.74 Å². The fourth-order valence-corrected chi connectivity index (χ4v) is 2.40. The molecule has 0 fully saturated rings. The maximum Gasteiger partial charge on any atom is 0.412 e. The lowest BCUT2D eigenvalue weighted by atomic mass is 10.1. The zero-order valence-corrected chi connectivity index (χ0v) is 14.3. The predicted octanol–water partition coefficient (Wildman–Crippen LogP) is 4.15. The van der Waals surface area contributed by atoms with Gasteiger partial charge in [-0.3, -0.25) is 20.4 Å². The monoisotopic (exact) mass is 353 g/mol. The van der Waals surface area contributed by atoms with Crippen molar-refractivity contribution in [2.24, 2.45) is 0 Å². The fourth-order valence-electron chi connectivity index (χ4n) is 2.11. The zero-order chi connectivity index (χ0) is 18.1. The highest BCUT2D eigenvalue weighted by Gasteiger charge is 2.31. The van der Waals surface area contributed by atoms with Crippen molar-refractivity contribution in [2.75, 3.05) is 12.4 Å². The number of amides is 1. The third-order valence-corrected chi connectivity index (χ3v) is 3.34. The molecule has 0 atom stereocenters. The maximum atomic E-state index is 12.0. The third kappa shape index (κ3) is 3.48. The molecular formula is C15H16ClN3O5. The molecule has 9 heteroatoms. The molecule has 24 heavy (non-hydrogen) atoms. The number of pyridine rings is 1. The molecule has 0 spiro atoms. The summed E-state index contributed by atoms with van der Waals surface area (Å²) in [7, 11) is 1.28. The first-order chi connectivity index (χ1) is 11.2. The van der Waals surface area contributed by atoms with Crippen LogP contribution in [0, 0.1) is 10.1 Å². The molecule has 1 amide bonds. The number of anilines is 1. The molecule has 128 valence electrons. The number of halogens is 1. The largest absolute Gasteiger partial charge is 0.489 e. The molecule has 0 aliphatic carbocycles. The van der Waals surface area contributed by atoms with Crippen LogP contribution in [0.4, 0.5) is 16.2 Å². The van der Waals surface area contributed by atoms with Crippen LogP contribution in [-0.4, -0.2) is 28.7 Å². The van der Waals surface area contributed by atoms with Crippen molar-refractivity contribution in [3.63, 3.8) is 0 Å². The number of hydrogen-bond donors (Lipinski definition) is 1. The fraction of sp³-hybridized carbons (Fsp3) is 0.333. The second kappa shape index (κ2) is 6.48. The average molecular weight is 354 g/mol. The number of fused-ring (bicyclic) bond motifs is 1. The number of nitro groups is 1. The second-order valence-corrected chi connectivity index (χ2v) is 6.23. The summed E-state index contributed by atoms with van der Waals surface area (Å²) in [6.07, 6.45) is 0.601. The third-order valence-electron chi connectivity index (χ3n) is 2.94. The van der Waals surface area contributed by atoms with E-state index in [0.29, 0.717) is 5.39 Å². The Hall–Kier alpha value is -2.61. The van der Waals surface area contributed by atoms with Crippen LogP contribution in [0.3, 0.4) is 0 Å². The highest BCUT2D eigenvalue weighted by Crippen LogP contribution is 2.46. The van der Waals surface area contributed by atoms with E-state index in [1.807, 2.05) is 0 Å². The minimum Gasteiger partial charge on any atom is -0.489 e. The number of nitrogens with zero attached hydrogens (tertiary/aromatic N) is 2. The molecule has 0 saturated carbocycles. The van der Waals surface area contributed by atoms with Gasteiger partial charge in [0.1, 0.15) is 16.8 Å². The Morgan fingerprint density at radius 2 is 2.08 bits per heavy atom. The van der Waals surface area contributed by atoms with E-state index in [0.717, 1.165) is 0 Å². The van der Waals surface area contributed by atoms with Crippen LogP contribution < -0.4 is 10.1 Å².